The van der Waals surface area contributed by atoms with E-state index in [1.165, 1.54) is 0 Å². The van der Waals surface area contributed by atoms with Crippen LogP contribution in [0.3, 0.4) is 0 Å². The van der Waals surface area contributed by atoms with Crippen LogP contribution in [0.25, 0.3) is 0 Å². The third kappa shape index (κ3) is 6.03. The minimum atomic E-state index is -5.18. The smallest absolute Gasteiger partial charge is 0.396 e. The van der Waals surface area contributed by atoms with Crippen LogP contribution in [0.2, 0.25) is 0 Å². The molecule has 9 N–H and O–H groups in total. The SMILES string of the molecule is O=S(=O)(O)OC([C@H](O)C(O)C(O)CO)[C@H](O)CC1C[C@@H](O)[C@H](O)[C@H]1CO. The molecule has 4 unspecified atom stereocenters. The molecule has 1 aliphatic rings. The average molecular weight is 406 g/mol. The standard InChI is InChI=1S/C13H26O12S/c14-3-6-5(1-7(16)10(6)19)2-8(17)13(25-26(22,23)24)12(21)11(20)9(18)4-15/h5-21H,1-4H2,(H,22,23,24)/t5?,6-,7+,8+,9?,10+,11?,12+,13?/m0/s1. The minimum Gasteiger partial charge on any atom is -0.396 e. The van der Waals surface area contributed by atoms with Gasteiger partial charge in [0, 0.05) is 12.5 Å². The van der Waals surface area contributed by atoms with E-state index in [4.69, 9.17) is 9.66 Å². The molecule has 1 fully saturated rings. The van der Waals surface area contributed by atoms with Gasteiger partial charge in [-0.1, -0.05) is 0 Å². The summed E-state index contributed by atoms with van der Waals surface area (Å²) >= 11 is 0. The fourth-order valence-corrected chi connectivity index (χ4v) is 3.70. The molecular formula is C13H26O12S. The van der Waals surface area contributed by atoms with E-state index >= 15 is 0 Å². The summed E-state index contributed by atoms with van der Waals surface area (Å²) in [6.45, 7) is -1.52. The molecule has 0 bridgehead atoms. The Kier molecular flexibility index (Phi) is 8.76. The van der Waals surface area contributed by atoms with Crippen LogP contribution in [0.15, 0.2) is 0 Å². The molecule has 0 aromatic rings. The van der Waals surface area contributed by atoms with Crippen LogP contribution < -0.4 is 0 Å². The maximum Gasteiger partial charge on any atom is 0.397 e. The van der Waals surface area contributed by atoms with Crippen molar-refractivity contribution in [2.24, 2.45) is 11.8 Å². The molecule has 0 amide bonds. The van der Waals surface area contributed by atoms with Gasteiger partial charge in [-0.25, -0.2) is 4.18 Å². The molecule has 26 heavy (non-hydrogen) atoms. The number of rotatable bonds is 10. The zero-order valence-corrected chi connectivity index (χ0v) is 14.5. The van der Waals surface area contributed by atoms with E-state index < -0.39 is 78.2 Å². The third-order valence-corrected chi connectivity index (χ3v) is 5.08. The highest BCUT2D eigenvalue weighted by molar-refractivity contribution is 7.80. The molecule has 0 aromatic carbocycles. The molecule has 0 aromatic heterocycles. The predicted molar refractivity (Wildman–Crippen MR) is 82.8 cm³/mol. The second-order valence-electron chi connectivity index (χ2n) is 6.42. The van der Waals surface area contributed by atoms with Crippen LogP contribution >= 0.6 is 0 Å². The molecule has 0 aliphatic heterocycles. The Morgan fingerprint density at radius 1 is 1.00 bits per heavy atom. The summed E-state index contributed by atoms with van der Waals surface area (Å²) in [6, 6.07) is 0. The number of hydrogen-bond acceptors (Lipinski definition) is 11. The zero-order valence-electron chi connectivity index (χ0n) is 13.7. The molecular weight excluding hydrogens is 380 g/mol. The van der Waals surface area contributed by atoms with E-state index in [1.807, 2.05) is 0 Å². The first kappa shape index (κ1) is 23.6. The Morgan fingerprint density at radius 3 is 2.04 bits per heavy atom. The molecule has 1 rings (SSSR count). The molecule has 12 nitrogen and oxygen atoms in total. The summed E-state index contributed by atoms with van der Waals surface area (Å²) in [5, 5.41) is 76.8. The lowest BCUT2D eigenvalue weighted by molar-refractivity contribution is -0.136. The van der Waals surface area contributed by atoms with Gasteiger partial charge in [-0.15, -0.1) is 0 Å². The van der Waals surface area contributed by atoms with Crippen molar-refractivity contribution in [3.05, 3.63) is 0 Å². The second kappa shape index (κ2) is 9.66. The minimum absolute atomic E-state index is 0.0417. The first-order chi connectivity index (χ1) is 11.9. The summed E-state index contributed by atoms with van der Waals surface area (Å²) in [5.41, 5.74) is 0. The first-order valence-electron chi connectivity index (χ1n) is 7.88. The highest BCUT2D eigenvalue weighted by Crippen LogP contribution is 2.36. The van der Waals surface area contributed by atoms with Crippen molar-refractivity contribution < 1.29 is 58.0 Å². The zero-order chi connectivity index (χ0) is 20.2. The summed E-state index contributed by atoms with van der Waals surface area (Å²) in [5.74, 6) is -1.53. The van der Waals surface area contributed by atoms with E-state index in [-0.39, 0.29) is 12.8 Å². The van der Waals surface area contributed by atoms with Crippen molar-refractivity contribution in [1.29, 1.82) is 0 Å². The fourth-order valence-electron chi connectivity index (χ4n) is 3.18. The third-order valence-electron chi connectivity index (χ3n) is 4.62. The van der Waals surface area contributed by atoms with Gasteiger partial charge >= 0.3 is 10.4 Å². The summed E-state index contributed by atoms with van der Waals surface area (Å²) in [4.78, 5) is 0. The van der Waals surface area contributed by atoms with Crippen molar-refractivity contribution in [3.63, 3.8) is 0 Å². The van der Waals surface area contributed by atoms with Crippen molar-refractivity contribution in [3.8, 4) is 0 Å². The molecule has 1 saturated carbocycles. The van der Waals surface area contributed by atoms with Gasteiger partial charge in [0.1, 0.15) is 24.4 Å². The van der Waals surface area contributed by atoms with Crippen molar-refractivity contribution in [2.75, 3.05) is 13.2 Å². The van der Waals surface area contributed by atoms with Crippen LogP contribution in [0.1, 0.15) is 12.8 Å². The maximum atomic E-state index is 11.0. The second-order valence-corrected chi connectivity index (χ2v) is 7.47. The van der Waals surface area contributed by atoms with E-state index in [9.17, 15) is 44.2 Å². The fraction of sp³-hybridized carbons (Fsp3) is 1.00. The number of aliphatic hydroxyl groups excluding tert-OH is 8. The molecule has 0 radical (unpaired) electrons. The summed E-state index contributed by atoms with van der Waals surface area (Å²) < 4.78 is 35.0. The molecule has 1 aliphatic carbocycles. The lowest BCUT2D eigenvalue weighted by Gasteiger charge is -2.32. The first-order valence-corrected chi connectivity index (χ1v) is 9.25. The molecule has 13 heteroatoms. The molecule has 0 saturated heterocycles. The Balaban J connectivity index is 2.95. The number of aliphatic hydroxyl groups is 8. The Hall–Kier alpha value is -0.450. The maximum absolute atomic E-state index is 11.0. The average Bonchev–Trinajstić information content (AvgIpc) is 2.82. The molecule has 0 spiro atoms. The molecule has 0 heterocycles. The summed E-state index contributed by atoms with van der Waals surface area (Å²) in [7, 11) is -5.18. The Bertz CT molecular complexity index is 527. The topological polar surface area (TPSA) is 225 Å². The van der Waals surface area contributed by atoms with E-state index in [0.29, 0.717) is 0 Å². The van der Waals surface area contributed by atoms with Crippen molar-refractivity contribution in [2.45, 2.75) is 55.6 Å². The van der Waals surface area contributed by atoms with Crippen LogP contribution in [0, 0.1) is 11.8 Å². The van der Waals surface area contributed by atoms with Crippen LogP contribution in [-0.2, 0) is 14.6 Å². The summed E-state index contributed by atoms with van der Waals surface area (Å²) in [6.07, 6.45) is -13.1. The van der Waals surface area contributed by atoms with Gasteiger partial charge < -0.3 is 40.9 Å². The number of hydrogen-bond donors (Lipinski definition) is 9. The van der Waals surface area contributed by atoms with Gasteiger partial charge in [-0.05, 0) is 18.8 Å². The van der Waals surface area contributed by atoms with Crippen LogP contribution in [0.5, 0.6) is 0 Å². The largest absolute Gasteiger partial charge is 0.397 e. The van der Waals surface area contributed by atoms with Crippen LogP contribution in [-0.4, -0.2) is 110 Å². The molecule has 9 atom stereocenters. The normalized spacial score (nSPS) is 32.8. The quantitative estimate of drug-likeness (QED) is 0.156. The van der Waals surface area contributed by atoms with Crippen molar-refractivity contribution >= 4 is 10.4 Å². The highest BCUT2D eigenvalue weighted by atomic mass is 32.3. The monoisotopic (exact) mass is 406 g/mol. The van der Waals surface area contributed by atoms with E-state index in [2.05, 4.69) is 4.18 Å². The predicted octanol–water partition coefficient (Wildman–Crippen LogP) is -4.65. The lowest BCUT2D eigenvalue weighted by Crippen LogP contribution is -2.52. The Labute approximate surface area is 149 Å². The van der Waals surface area contributed by atoms with Crippen molar-refractivity contribution in [1.82, 2.24) is 0 Å². The van der Waals surface area contributed by atoms with Gasteiger partial charge in [-0.3, -0.25) is 4.55 Å². The van der Waals surface area contributed by atoms with Gasteiger partial charge in [0.25, 0.3) is 0 Å². The van der Waals surface area contributed by atoms with Gasteiger partial charge in [-0.2, -0.15) is 8.42 Å². The Morgan fingerprint density at radius 2 is 1.58 bits per heavy atom. The van der Waals surface area contributed by atoms with E-state index in [1.54, 1.807) is 0 Å². The van der Waals surface area contributed by atoms with Crippen LogP contribution in [0.4, 0.5) is 0 Å². The van der Waals surface area contributed by atoms with E-state index in [0.717, 1.165) is 0 Å². The van der Waals surface area contributed by atoms with Gasteiger partial charge in [0.15, 0.2) is 0 Å². The van der Waals surface area contributed by atoms with Gasteiger partial charge in [0.05, 0.1) is 24.9 Å². The van der Waals surface area contributed by atoms with Gasteiger partial charge in [0.2, 0.25) is 0 Å². The molecule has 156 valence electrons. The lowest BCUT2D eigenvalue weighted by atomic mass is 9.87. The highest BCUT2D eigenvalue weighted by Gasteiger charge is 2.45.